The van der Waals surface area contributed by atoms with Crippen LogP contribution in [0.2, 0.25) is 0 Å². The molecule has 3 fully saturated rings. The lowest BCUT2D eigenvalue weighted by Gasteiger charge is -2.20. The number of carbonyl (C=O) groups is 1. The fraction of sp³-hybridized carbons (Fsp3) is 0.882. The van der Waals surface area contributed by atoms with Gasteiger partial charge in [0.25, 0.3) is 0 Å². The summed E-state index contributed by atoms with van der Waals surface area (Å²) in [5, 5.41) is 6.96. The third-order valence-corrected chi connectivity index (χ3v) is 5.35. The van der Waals surface area contributed by atoms with Crippen LogP contribution in [-0.2, 0) is 4.79 Å². The summed E-state index contributed by atoms with van der Waals surface area (Å²) in [4.78, 5) is 20.7. The van der Waals surface area contributed by atoms with Gasteiger partial charge >= 0.3 is 0 Å². The molecule has 3 aliphatic rings. The lowest BCUT2D eigenvalue weighted by atomic mass is 10.1. The number of likely N-dealkylation sites (tertiary alicyclic amines) is 2. The first-order valence-corrected chi connectivity index (χ1v) is 9.18. The van der Waals surface area contributed by atoms with Gasteiger partial charge in [0, 0.05) is 51.7 Å². The number of carbonyl (C=O) groups excluding carboxylic acids is 1. The van der Waals surface area contributed by atoms with Crippen molar-refractivity contribution in [1.29, 1.82) is 0 Å². The zero-order chi connectivity index (χ0) is 16.2. The van der Waals surface area contributed by atoms with E-state index in [-0.39, 0.29) is 5.91 Å². The molecule has 2 N–H and O–H groups in total. The number of hydrogen-bond acceptors (Lipinski definition) is 3. The maximum absolute atomic E-state index is 11.8. The van der Waals surface area contributed by atoms with E-state index in [4.69, 9.17) is 0 Å². The first kappa shape index (κ1) is 16.6. The molecule has 130 valence electrons. The van der Waals surface area contributed by atoms with Crippen LogP contribution in [0, 0.1) is 5.92 Å². The second-order valence-corrected chi connectivity index (χ2v) is 7.16. The van der Waals surface area contributed by atoms with E-state index in [1.54, 1.807) is 0 Å². The molecule has 23 heavy (non-hydrogen) atoms. The Bertz CT molecular complexity index is 448. The second-order valence-electron chi connectivity index (χ2n) is 7.16. The van der Waals surface area contributed by atoms with E-state index in [1.807, 2.05) is 18.9 Å². The Morgan fingerprint density at radius 2 is 2.00 bits per heavy atom. The predicted octanol–water partition coefficient (Wildman–Crippen LogP) is 0.647. The molecule has 0 aromatic carbocycles. The van der Waals surface area contributed by atoms with Crippen LogP contribution in [0.3, 0.4) is 0 Å². The number of nitrogens with zero attached hydrogens (tertiary/aromatic N) is 3. The maximum atomic E-state index is 11.8. The summed E-state index contributed by atoms with van der Waals surface area (Å²) in [6, 6.07) is 1.21. The molecule has 0 aromatic rings. The summed E-state index contributed by atoms with van der Waals surface area (Å²) >= 11 is 0. The van der Waals surface area contributed by atoms with Crippen molar-refractivity contribution in [3.8, 4) is 0 Å². The van der Waals surface area contributed by atoms with Crippen molar-refractivity contribution >= 4 is 11.9 Å². The van der Waals surface area contributed by atoms with E-state index in [9.17, 15) is 4.79 Å². The molecule has 6 nitrogen and oxygen atoms in total. The Morgan fingerprint density at radius 1 is 1.17 bits per heavy atom. The molecule has 0 bridgehead atoms. The summed E-state index contributed by atoms with van der Waals surface area (Å²) < 4.78 is 0. The second kappa shape index (κ2) is 7.51. The van der Waals surface area contributed by atoms with Crippen LogP contribution < -0.4 is 10.6 Å². The zero-order valence-electron chi connectivity index (χ0n) is 14.6. The summed E-state index contributed by atoms with van der Waals surface area (Å²) in [5.41, 5.74) is 0. The van der Waals surface area contributed by atoms with Gasteiger partial charge in [-0.25, -0.2) is 0 Å². The molecule has 3 rings (SSSR count). The standard InChI is InChI=1S/C17H31N5O/c1-3-16(23)22-9-7-14(12-22)20-17(18-2)19-10-13-6-8-21(11-13)15-4-5-15/h13-15H,3-12H2,1-2H3,(H2,18,19,20). The fourth-order valence-corrected chi connectivity index (χ4v) is 3.76. The molecular formula is C17H31N5O. The molecule has 2 aliphatic heterocycles. The first-order valence-electron chi connectivity index (χ1n) is 9.18. The summed E-state index contributed by atoms with van der Waals surface area (Å²) in [6.45, 7) is 7.08. The molecule has 0 radical (unpaired) electrons. The Hall–Kier alpha value is -1.30. The molecule has 0 spiro atoms. The van der Waals surface area contributed by atoms with Crippen molar-refractivity contribution in [3.05, 3.63) is 0 Å². The highest BCUT2D eigenvalue weighted by Gasteiger charge is 2.34. The molecule has 1 amide bonds. The molecule has 2 heterocycles. The van der Waals surface area contributed by atoms with Gasteiger partial charge in [0.2, 0.25) is 5.91 Å². The van der Waals surface area contributed by atoms with Crippen molar-refractivity contribution in [2.24, 2.45) is 10.9 Å². The molecule has 2 saturated heterocycles. The van der Waals surface area contributed by atoms with Gasteiger partial charge in [-0.3, -0.25) is 9.79 Å². The molecule has 1 aliphatic carbocycles. The third kappa shape index (κ3) is 4.37. The number of rotatable bonds is 5. The van der Waals surface area contributed by atoms with Crippen LogP contribution in [0.5, 0.6) is 0 Å². The summed E-state index contributed by atoms with van der Waals surface area (Å²) in [5.74, 6) is 1.87. The maximum Gasteiger partial charge on any atom is 0.222 e. The van der Waals surface area contributed by atoms with Gasteiger partial charge in [0.15, 0.2) is 5.96 Å². The number of hydrogen-bond donors (Lipinski definition) is 2. The topological polar surface area (TPSA) is 60.0 Å². The Kier molecular flexibility index (Phi) is 5.41. The molecule has 2 unspecified atom stereocenters. The molecule has 2 atom stereocenters. The summed E-state index contributed by atoms with van der Waals surface area (Å²) in [7, 11) is 1.82. The van der Waals surface area contributed by atoms with E-state index in [0.717, 1.165) is 44.0 Å². The highest BCUT2D eigenvalue weighted by atomic mass is 16.2. The van der Waals surface area contributed by atoms with E-state index < -0.39 is 0 Å². The van der Waals surface area contributed by atoms with Gasteiger partial charge in [-0.15, -0.1) is 0 Å². The largest absolute Gasteiger partial charge is 0.356 e. The predicted molar refractivity (Wildman–Crippen MR) is 92.5 cm³/mol. The van der Waals surface area contributed by atoms with E-state index >= 15 is 0 Å². The van der Waals surface area contributed by atoms with Gasteiger partial charge in [0.05, 0.1) is 0 Å². The van der Waals surface area contributed by atoms with E-state index in [2.05, 4.69) is 20.5 Å². The van der Waals surface area contributed by atoms with Crippen molar-refractivity contribution < 1.29 is 4.79 Å². The van der Waals surface area contributed by atoms with Crippen LogP contribution in [0.1, 0.15) is 39.0 Å². The third-order valence-electron chi connectivity index (χ3n) is 5.35. The quantitative estimate of drug-likeness (QED) is 0.576. The normalized spacial score (nSPS) is 29.1. The van der Waals surface area contributed by atoms with Crippen LogP contribution >= 0.6 is 0 Å². The van der Waals surface area contributed by atoms with E-state index in [0.29, 0.717) is 12.5 Å². The Balaban J connectivity index is 1.38. The number of amides is 1. The Morgan fingerprint density at radius 3 is 2.70 bits per heavy atom. The fourth-order valence-electron chi connectivity index (χ4n) is 3.76. The average molecular weight is 321 g/mol. The van der Waals surface area contributed by atoms with Gasteiger partial charge in [-0.1, -0.05) is 6.92 Å². The van der Waals surface area contributed by atoms with Crippen LogP contribution in [-0.4, -0.2) is 73.5 Å². The number of guanidine groups is 1. The molecule has 1 saturated carbocycles. The van der Waals surface area contributed by atoms with Crippen molar-refractivity contribution in [3.63, 3.8) is 0 Å². The molecule has 6 heteroatoms. The van der Waals surface area contributed by atoms with E-state index in [1.165, 1.54) is 32.4 Å². The van der Waals surface area contributed by atoms with Crippen LogP contribution in [0.4, 0.5) is 0 Å². The Labute approximate surface area is 139 Å². The first-order chi connectivity index (χ1) is 11.2. The average Bonchev–Trinajstić information content (AvgIpc) is 3.13. The lowest BCUT2D eigenvalue weighted by Crippen LogP contribution is -2.46. The van der Waals surface area contributed by atoms with Crippen molar-refractivity contribution in [1.82, 2.24) is 20.4 Å². The van der Waals surface area contributed by atoms with Crippen LogP contribution in [0.25, 0.3) is 0 Å². The molecular weight excluding hydrogens is 290 g/mol. The number of aliphatic imine (C=N–C) groups is 1. The molecule has 0 aromatic heterocycles. The van der Waals surface area contributed by atoms with Gasteiger partial charge < -0.3 is 20.4 Å². The zero-order valence-corrected chi connectivity index (χ0v) is 14.6. The van der Waals surface area contributed by atoms with Crippen molar-refractivity contribution in [2.45, 2.75) is 51.1 Å². The minimum atomic E-state index is 0.253. The van der Waals surface area contributed by atoms with Crippen LogP contribution in [0.15, 0.2) is 4.99 Å². The highest BCUT2D eigenvalue weighted by Crippen LogP contribution is 2.31. The SMILES string of the molecule is CCC(=O)N1CCC(NC(=NC)NCC2CCN(C3CC3)C2)C1. The lowest BCUT2D eigenvalue weighted by molar-refractivity contribution is -0.129. The highest BCUT2D eigenvalue weighted by molar-refractivity contribution is 5.80. The number of nitrogens with one attached hydrogen (secondary N) is 2. The van der Waals surface area contributed by atoms with Gasteiger partial charge in [0.1, 0.15) is 0 Å². The van der Waals surface area contributed by atoms with Crippen molar-refractivity contribution in [2.75, 3.05) is 39.8 Å². The monoisotopic (exact) mass is 321 g/mol. The van der Waals surface area contributed by atoms with Gasteiger partial charge in [-0.2, -0.15) is 0 Å². The summed E-state index contributed by atoms with van der Waals surface area (Å²) in [6.07, 6.45) is 5.70. The smallest absolute Gasteiger partial charge is 0.222 e. The van der Waals surface area contributed by atoms with Gasteiger partial charge in [-0.05, 0) is 38.1 Å². The minimum Gasteiger partial charge on any atom is -0.356 e. The minimum absolute atomic E-state index is 0.253.